The summed E-state index contributed by atoms with van der Waals surface area (Å²) < 4.78 is 28.4. The predicted molar refractivity (Wildman–Crippen MR) is 128 cm³/mol. The van der Waals surface area contributed by atoms with Gasteiger partial charge in [-0.15, -0.1) is 0 Å². The van der Waals surface area contributed by atoms with Gasteiger partial charge in [-0.05, 0) is 80.1 Å². The summed E-state index contributed by atoms with van der Waals surface area (Å²) in [5, 5.41) is 5.74. The number of benzene rings is 2. The van der Waals surface area contributed by atoms with Crippen molar-refractivity contribution in [3.8, 4) is 11.5 Å². The van der Waals surface area contributed by atoms with E-state index in [0.29, 0.717) is 18.6 Å². The number of nitrogens with one attached hydrogen (secondary N) is 1. The quantitative estimate of drug-likeness (QED) is 0.467. The zero-order valence-electron chi connectivity index (χ0n) is 19.0. The fraction of sp³-hybridized carbons (Fsp3) is 0.370. The van der Waals surface area contributed by atoms with Gasteiger partial charge in [0.2, 0.25) is 0 Å². The smallest absolute Gasteiger partial charge is 0.171 e. The molecule has 0 bridgehead atoms. The van der Waals surface area contributed by atoms with Gasteiger partial charge in [-0.1, -0.05) is 0 Å². The van der Waals surface area contributed by atoms with E-state index in [1.54, 1.807) is 6.07 Å². The number of rotatable bonds is 4. The lowest BCUT2D eigenvalue weighted by atomic mass is 9.97. The van der Waals surface area contributed by atoms with Gasteiger partial charge in [0, 0.05) is 47.8 Å². The van der Waals surface area contributed by atoms with Crippen LogP contribution in [-0.4, -0.2) is 34.8 Å². The van der Waals surface area contributed by atoms with Gasteiger partial charge in [-0.3, -0.25) is 4.98 Å². The van der Waals surface area contributed by atoms with Crippen LogP contribution in [-0.2, 0) is 7.05 Å². The molecule has 3 heterocycles. The van der Waals surface area contributed by atoms with E-state index in [1.165, 1.54) is 11.6 Å². The maximum atomic E-state index is 13.9. The van der Waals surface area contributed by atoms with E-state index < -0.39 is 0 Å². The van der Waals surface area contributed by atoms with Gasteiger partial charge in [0.25, 0.3) is 0 Å². The molecule has 5 nitrogen and oxygen atoms in total. The number of hydrogen-bond acceptors (Lipinski definition) is 4. The summed E-state index contributed by atoms with van der Waals surface area (Å²) in [6, 6.07) is 13.5. The zero-order valence-corrected chi connectivity index (χ0v) is 19.0. The Labute approximate surface area is 192 Å². The molecule has 2 aliphatic rings. The van der Waals surface area contributed by atoms with Crippen molar-refractivity contribution in [3.05, 3.63) is 65.7 Å². The van der Waals surface area contributed by atoms with E-state index in [9.17, 15) is 4.39 Å². The van der Waals surface area contributed by atoms with Crippen molar-refractivity contribution < 1.29 is 13.9 Å². The first kappa shape index (κ1) is 20.5. The molecule has 1 N–H and O–H groups in total. The molecular weight excluding hydrogens is 417 g/mol. The fourth-order valence-corrected chi connectivity index (χ4v) is 5.45. The number of hydrogen-bond donors (Lipinski definition) is 1. The summed E-state index contributed by atoms with van der Waals surface area (Å²) in [7, 11) is 2.03. The first-order valence-electron chi connectivity index (χ1n) is 11.7. The van der Waals surface area contributed by atoms with Crippen LogP contribution in [0.2, 0.25) is 0 Å². The molecular formula is C27H28FN3O2. The summed E-state index contributed by atoms with van der Waals surface area (Å²) in [6.07, 6.45) is 5.38. The van der Waals surface area contributed by atoms with E-state index >= 15 is 0 Å². The number of pyridine rings is 1. The molecule has 1 saturated carbocycles. The Kier molecular flexibility index (Phi) is 4.98. The molecule has 0 saturated heterocycles. The molecule has 0 spiro atoms. The summed E-state index contributed by atoms with van der Waals surface area (Å²) in [5.74, 6) is 1.85. The molecule has 0 amide bonds. The lowest BCUT2D eigenvalue weighted by Gasteiger charge is -2.28. The Hall–Kier alpha value is -3.12. The number of aryl methyl sites for hydroxylation is 2. The van der Waals surface area contributed by atoms with Gasteiger partial charge in [0.15, 0.2) is 11.5 Å². The van der Waals surface area contributed by atoms with E-state index in [0.717, 1.165) is 64.8 Å². The van der Waals surface area contributed by atoms with E-state index in [4.69, 9.17) is 9.47 Å². The summed E-state index contributed by atoms with van der Waals surface area (Å²) in [6.45, 7) is 3.26. The van der Waals surface area contributed by atoms with Crippen molar-refractivity contribution in [2.45, 2.75) is 44.2 Å². The number of ether oxygens (including phenoxy) is 2. The fourth-order valence-electron chi connectivity index (χ4n) is 5.45. The van der Waals surface area contributed by atoms with Gasteiger partial charge < -0.3 is 19.4 Å². The second-order valence-electron chi connectivity index (χ2n) is 9.43. The van der Waals surface area contributed by atoms with Crippen molar-refractivity contribution in [2.24, 2.45) is 7.05 Å². The van der Waals surface area contributed by atoms with Crippen molar-refractivity contribution >= 4 is 21.8 Å². The Morgan fingerprint density at radius 1 is 1.12 bits per heavy atom. The molecule has 0 radical (unpaired) electrons. The average Bonchev–Trinajstić information content (AvgIpc) is 3.41. The largest absolute Gasteiger partial charge is 0.486 e. The molecule has 6 rings (SSSR count). The van der Waals surface area contributed by atoms with E-state index in [1.807, 2.05) is 38.2 Å². The molecule has 4 aromatic rings. The van der Waals surface area contributed by atoms with Crippen LogP contribution in [0.15, 0.2) is 48.7 Å². The van der Waals surface area contributed by atoms with Gasteiger partial charge in [-0.2, -0.15) is 0 Å². The Morgan fingerprint density at radius 2 is 2.03 bits per heavy atom. The minimum Gasteiger partial charge on any atom is -0.486 e. The molecule has 1 aliphatic heterocycles. The monoisotopic (exact) mass is 445 g/mol. The SMILES string of the molecule is Cc1ccc2c3c(ccc2n1)OC[C@H](CN[C@@H]1CC[C@H](c2cn(C)c4ccc(F)cc24)C1)O3. The van der Waals surface area contributed by atoms with Crippen molar-refractivity contribution in [1.29, 1.82) is 0 Å². The lowest BCUT2D eigenvalue weighted by molar-refractivity contribution is 0.0902. The molecule has 0 unspecified atom stereocenters. The Bertz CT molecular complexity index is 1350. The summed E-state index contributed by atoms with van der Waals surface area (Å²) >= 11 is 0. The average molecular weight is 446 g/mol. The maximum Gasteiger partial charge on any atom is 0.171 e. The predicted octanol–water partition coefficient (Wildman–Crippen LogP) is 5.24. The Balaban J connectivity index is 1.13. The van der Waals surface area contributed by atoms with Crippen LogP contribution in [0.4, 0.5) is 4.39 Å². The van der Waals surface area contributed by atoms with Crippen LogP contribution in [0.3, 0.4) is 0 Å². The first-order chi connectivity index (χ1) is 16.0. The van der Waals surface area contributed by atoms with Crippen LogP contribution < -0.4 is 14.8 Å². The van der Waals surface area contributed by atoms with Gasteiger partial charge in [0.1, 0.15) is 18.5 Å². The summed E-state index contributed by atoms with van der Waals surface area (Å²) in [5.41, 5.74) is 4.26. The third-order valence-corrected chi connectivity index (χ3v) is 7.12. The number of nitrogens with zero attached hydrogens (tertiary/aromatic N) is 2. The molecule has 3 atom stereocenters. The highest BCUT2D eigenvalue weighted by molar-refractivity contribution is 5.88. The maximum absolute atomic E-state index is 13.9. The second kappa shape index (κ2) is 8.03. The molecule has 33 heavy (non-hydrogen) atoms. The zero-order chi connectivity index (χ0) is 22.5. The van der Waals surface area contributed by atoms with Gasteiger partial charge >= 0.3 is 0 Å². The third kappa shape index (κ3) is 3.72. The normalized spacial score (nSPS) is 22.3. The van der Waals surface area contributed by atoms with Crippen LogP contribution >= 0.6 is 0 Å². The topological polar surface area (TPSA) is 48.3 Å². The summed E-state index contributed by atoms with van der Waals surface area (Å²) in [4.78, 5) is 4.61. The number of aromatic nitrogens is 2. The van der Waals surface area contributed by atoms with Crippen LogP contribution in [0.25, 0.3) is 21.8 Å². The van der Waals surface area contributed by atoms with Crippen LogP contribution in [0.1, 0.15) is 36.4 Å². The molecule has 2 aromatic carbocycles. The second-order valence-corrected chi connectivity index (χ2v) is 9.43. The van der Waals surface area contributed by atoms with E-state index in [2.05, 4.69) is 27.1 Å². The van der Waals surface area contributed by atoms with Crippen molar-refractivity contribution in [1.82, 2.24) is 14.9 Å². The third-order valence-electron chi connectivity index (χ3n) is 7.12. The standard InChI is InChI=1S/C27H28FN3O2/c1-16-3-7-21-24(30-16)8-10-26-27(21)33-20(15-32-26)13-29-19-6-4-17(11-19)23-14-31(2)25-9-5-18(28)12-22(23)25/h3,5,7-10,12,14,17,19-20,29H,4,6,11,13,15H2,1-2H3/t17-,19+,20-/m0/s1. The molecule has 170 valence electrons. The number of halogens is 1. The highest BCUT2D eigenvalue weighted by atomic mass is 19.1. The highest BCUT2D eigenvalue weighted by Gasteiger charge is 2.30. The van der Waals surface area contributed by atoms with Gasteiger partial charge in [0.05, 0.1) is 5.52 Å². The van der Waals surface area contributed by atoms with Crippen molar-refractivity contribution in [3.63, 3.8) is 0 Å². The van der Waals surface area contributed by atoms with Crippen LogP contribution in [0, 0.1) is 12.7 Å². The van der Waals surface area contributed by atoms with E-state index in [-0.39, 0.29) is 11.9 Å². The molecule has 6 heteroatoms. The highest BCUT2D eigenvalue weighted by Crippen LogP contribution is 2.40. The minimum absolute atomic E-state index is 0.0462. The lowest BCUT2D eigenvalue weighted by Crippen LogP contribution is -2.41. The molecule has 1 aliphatic carbocycles. The van der Waals surface area contributed by atoms with Crippen molar-refractivity contribution in [2.75, 3.05) is 13.2 Å². The molecule has 1 fully saturated rings. The minimum atomic E-state index is -0.171. The van der Waals surface area contributed by atoms with Gasteiger partial charge in [-0.25, -0.2) is 4.39 Å². The number of fused-ring (bicyclic) bond motifs is 4. The molecule has 2 aromatic heterocycles. The Morgan fingerprint density at radius 3 is 2.94 bits per heavy atom. The van der Waals surface area contributed by atoms with Crippen LogP contribution in [0.5, 0.6) is 11.5 Å². The first-order valence-corrected chi connectivity index (χ1v) is 11.7.